The number of carbonyl (C=O) groups is 2. The molecule has 5 rings (SSSR count). The molecule has 0 unspecified atom stereocenters. The van der Waals surface area contributed by atoms with Crippen LogP contribution in [0.15, 0.2) is 83.3 Å². The van der Waals surface area contributed by atoms with Crippen LogP contribution in [0.3, 0.4) is 0 Å². The summed E-state index contributed by atoms with van der Waals surface area (Å²) in [6, 6.07) is 23.9. The molecular formula is C27H20ClNO6. The van der Waals surface area contributed by atoms with Gasteiger partial charge in [-0.2, -0.15) is 0 Å². The normalized spacial score (nSPS) is 12.0. The quantitative estimate of drug-likeness (QED) is 0.304. The van der Waals surface area contributed by atoms with Crippen molar-refractivity contribution in [3.8, 4) is 16.9 Å². The van der Waals surface area contributed by atoms with Crippen molar-refractivity contribution in [1.29, 1.82) is 0 Å². The average molecular weight is 490 g/mol. The zero-order chi connectivity index (χ0) is 24.4. The molecular weight excluding hydrogens is 470 g/mol. The number of carboxylic acid groups (broad SMARTS) is 1. The Morgan fingerprint density at radius 1 is 0.943 bits per heavy atom. The molecule has 1 aliphatic rings. The molecule has 2 N–H and O–H groups in total. The summed E-state index contributed by atoms with van der Waals surface area (Å²) >= 11 is 6.29. The molecule has 0 saturated carbocycles. The van der Waals surface area contributed by atoms with Gasteiger partial charge in [-0.05, 0) is 52.6 Å². The highest BCUT2D eigenvalue weighted by Crippen LogP contribution is 2.44. The van der Waals surface area contributed by atoms with E-state index in [0.717, 1.165) is 22.3 Å². The van der Waals surface area contributed by atoms with E-state index in [0.29, 0.717) is 17.2 Å². The second-order valence-electron chi connectivity index (χ2n) is 7.96. The predicted octanol–water partition coefficient (Wildman–Crippen LogP) is 6.57. The van der Waals surface area contributed by atoms with Crippen LogP contribution in [0.4, 0.5) is 10.5 Å². The second-order valence-corrected chi connectivity index (χ2v) is 8.36. The maximum atomic E-state index is 12.5. The van der Waals surface area contributed by atoms with Gasteiger partial charge in [0.1, 0.15) is 24.7 Å². The number of hydrogen-bond acceptors (Lipinski definition) is 5. The molecule has 1 amide bonds. The minimum Gasteiger partial charge on any atom is -0.484 e. The summed E-state index contributed by atoms with van der Waals surface area (Å²) in [6.45, 7) is 0.211. The molecule has 4 aromatic rings. The molecule has 1 aromatic heterocycles. The van der Waals surface area contributed by atoms with Crippen molar-refractivity contribution in [2.45, 2.75) is 12.5 Å². The third-order valence-electron chi connectivity index (χ3n) is 5.76. The molecule has 1 aliphatic carbocycles. The van der Waals surface area contributed by atoms with Crippen LogP contribution in [-0.4, -0.2) is 23.8 Å². The second kappa shape index (κ2) is 9.56. The van der Waals surface area contributed by atoms with Gasteiger partial charge >= 0.3 is 12.1 Å². The Bertz CT molecular complexity index is 1370. The number of rotatable bonds is 7. The van der Waals surface area contributed by atoms with Gasteiger partial charge in [0.05, 0.1) is 5.02 Å². The van der Waals surface area contributed by atoms with Crippen molar-refractivity contribution in [2.24, 2.45) is 0 Å². The van der Waals surface area contributed by atoms with Crippen molar-refractivity contribution in [3.63, 3.8) is 0 Å². The minimum atomic E-state index is -1.15. The number of anilines is 1. The fraction of sp³-hybridized carbons (Fsp3) is 0.111. The van der Waals surface area contributed by atoms with E-state index in [9.17, 15) is 9.59 Å². The largest absolute Gasteiger partial charge is 0.484 e. The van der Waals surface area contributed by atoms with Crippen molar-refractivity contribution >= 4 is 29.4 Å². The standard InChI is InChI=1S/C27H20ClNO6/c28-23-13-16(9-11-24(23)33-14-17-10-12-25(35-17)26(30)31)29-27(32)34-15-22-20-7-3-1-5-18(20)19-6-2-4-8-21(19)22/h1-13,22H,14-15H2,(H,29,32)(H,30,31). The smallest absolute Gasteiger partial charge is 0.411 e. The van der Waals surface area contributed by atoms with Crippen LogP contribution in [0.25, 0.3) is 11.1 Å². The van der Waals surface area contributed by atoms with Crippen LogP contribution in [0.2, 0.25) is 5.02 Å². The third kappa shape index (κ3) is 4.72. The topological polar surface area (TPSA) is 98.0 Å². The Morgan fingerprint density at radius 2 is 1.63 bits per heavy atom. The first kappa shape index (κ1) is 22.6. The van der Waals surface area contributed by atoms with Crippen LogP contribution in [-0.2, 0) is 11.3 Å². The number of carbonyl (C=O) groups excluding carboxylic acids is 1. The highest BCUT2D eigenvalue weighted by atomic mass is 35.5. The molecule has 0 radical (unpaired) electrons. The van der Waals surface area contributed by atoms with Gasteiger partial charge in [0.2, 0.25) is 5.76 Å². The maximum Gasteiger partial charge on any atom is 0.411 e. The summed E-state index contributed by atoms with van der Waals surface area (Å²) in [5, 5.41) is 11.9. The molecule has 7 nitrogen and oxygen atoms in total. The van der Waals surface area contributed by atoms with Gasteiger partial charge in [0.25, 0.3) is 0 Å². The van der Waals surface area contributed by atoms with Crippen LogP contribution < -0.4 is 10.1 Å². The molecule has 0 spiro atoms. The molecule has 0 fully saturated rings. The first-order valence-corrected chi connectivity index (χ1v) is 11.2. The number of benzene rings is 3. The van der Waals surface area contributed by atoms with Gasteiger partial charge in [-0.15, -0.1) is 0 Å². The summed E-state index contributed by atoms with van der Waals surface area (Å²) in [7, 11) is 0. The van der Waals surface area contributed by atoms with Gasteiger partial charge < -0.3 is 19.0 Å². The SMILES string of the molecule is O=C(Nc1ccc(OCc2ccc(C(=O)O)o2)c(Cl)c1)OCC1c2ccccc2-c2ccccc21. The lowest BCUT2D eigenvalue weighted by atomic mass is 9.98. The Morgan fingerprint density at radius 3 is 2.26 bits per heavy atom. The predicted molar refractivity (Wildman–Crippen MR) is 130 cm³/mol. The van der Waals surface area contributed by atoms with Gasteiger partial charge in [-0.3, -0.25) is 5.32 Å². The number of furan rings is 1. The lowest BCUT2D eigenvalue weighted by Crippen LogP contribution is -2.17. The Balaban J connectivity index is 1.19. The van der Waals surface area contributed by atoms with Gasteiger partial charge in [-0.1, -0.05) is 60.1 Å². The molecule has 3 aromatic carbocycles. The van der Waals surface area contributed by atoms with Crippen LogP contribution in [0.1, 0.15) is 33.4 Å². The first-order valence-electron chi connectivity index (χ1n) is 10.9. The molecule has 35 heavy (non-hydrogen) atoms. The van der Waals surface area contributed by atoms with E-state index in [1.165, 1.54) is 12.1 Å². The Labute approximate surface area is 205 Å². The summed E-state index contributed by atoms with van der Waals surface area (Å²) in [5.74, 6) is -0.650. The van der Waals surface area contributed by atoms with E-state index in [1.54, 1.807) is 18.2 Å². The van der Waals surface area contributed by atoms with E-state index in [4.69, 9.17) is 30.6 Å². The van der Waals surface area contributed by atoms with Crippen molar-refractivity contribution in [3.05, 3.63) is 107 Å². The van der Waals surface area contributed by atoms with E-state index in [-0.39, 0.29) is 29.9 Å². The third-order valence-corrected chi connectivity index (χ3v) is 6.06. The van der Waals surface area contributed by atoms with Crippen molar-refractivity contribution < 1.29 is 28.6 Å². The zero-order valence-corrected chi connectivity index (χ0v) is 19.1. The summed E-state index contributed by atoms with van der Waals surface area (Å²) in [4.78, 5) is 23.4. The fourth-order valence-corrected chi connectivity index (χ4v) is 4.40. The Hall–Kier alpha value is -4.23. The molecule has 1 heterocycles. The zero-order valence-electron chi connectivity index (χ0n) is 18.4. The van der Waals surface area contributed by atoms with Gasteiger partial charge in [0, 0.05) is 11.6 Å². The van der Waals surface area contributed by atoms with E-state index >= 15 is 0 Å². The van der Waals surface area contributed by atoms with Gasteiger partial charge in [0.15, 0.2) is 0 Å². The monoisotopic (exact) mass is 489 g/mol. The molecule has 0 atom stereocenters. The van der Waals surface area contributed by atoms with Gasteiger partial charge in [-0.25, -0.2) is 9.59 Å². The highest BCUT2D eigenvalue weighted by molar-refractivity contribution is 6.32. The average Bonchev–Trinajstić information content (AvgIpc) is 3.45. The van der Waals surface area contributed by atoms with Crippen LogP contribution in [0, 0.1) is 0 Å². The molecule has 0 saturated heterocycles. The highest BCUT2D eigenvalue weighted by Gasteiger charge is 2.29. The Kier molecular flexibility index (Phi) is 6.16. The number of carboxylic acids is 1. The number of aromatic carboxylic acids is 1. The number of hydrogen-bond donors (Lipinski definition) is 2. The molecule has 0 aliphatic heterocycles. The van der Waals surface area contributed by atoms with E-state index in [1.807, 2.05) is 24.3 Å². The minimum absolute atomic E-state index is 0.00610. The van der Waals surface area contributed by atoms with E-state index in [2.05, 4.69) is 29.6 Å². The molecule has 176 valence electrons. The lowest BCUT2D eigenvalue weighted by Gasteiger charge is -2.15. The summed E-state index contributed by atoms with van der Waals surface area (Å²) < 4.78 is 16.3. The number of ether oxygens (including phenoxy) is 2. The summed E-state index contributed by atoms with van der Waals surface area (Å²) in [6.07, 6.45) is -0.589. The maximum absolute atomic E-state index is 12.5. The van der Waals surface area contributed by atoms with Crippen molar-refractivity contribution in [1.82, 2.24) is 0 Å². The van der Waals surface area contributed by atoms with E-state index < -0.39 is 12.1 Å². The summed E-state index contributed by atoms with van der Waals surface area (Å²) in [5.41, 5.74) is 5.04. The van der Waals surface area contributed by atoms with Crippen LogP contribution in [0.5, 0.6) is 5.75 Å². The first-order chi connectivity index (χ1) is 17.0. The van der Waals surface area contributed by atoms with Crippen LogP contribution >= 0.6 is 11.6 Å². The molecule has 0 bridgehead atoms. The van der Waals surface area contributed by atoms with Crippen molar-refractivity contribution in [2.75, 3.05) is 11.9 Å². The molecule has 8 heteroatoms. The number of halogens is 1. The fourth-order valence-electron chi connectivity index (χ4n) is 4.17. The lowest BCUT2D eigenvalue weighted by molar-refractivity contribution is 0.0658. The number of fused-ring (bicyclic) bond motifs is 3. The number of amides is 1. The number of nitrogens with one attached hydrogen (secondary N) is 1.